The van der Waals surface area contributed by atoms with Gasteiger partial charge in [0, 0.05) is 32.7 Å². The number of methoxy groups -OCH3 is 1. The van der Waals surface area contributed by atoms with Gasteiger partial charge in [0.1, 0.15) is 12.4 Å². The third-order valence-corrected chi connectivity index (χ3v) is 5.82. The number of nitrogens with one attached hydrogen (secondary N) is 2. The summed E-state index contributed by atoms with van der Waals surface area (Å²) in [5, 5.41) is 11.6. The van der Waals surface area contributed by atoms with Crippen molar-refractivity contribution in [3.05, 3.63) is 11.6 Å². The predicted molar refractivity (Wildman–Crippen MR) is 127 cm³/mol. The monoisotopic (exact) mass is 519 g/mol. The van der Waals surface area contributed by atoms with Crippen molar-refractivity contribution in [3.8, 4) is 0 Å². The topological polar surface area (TPSA) is 79.6 Å². The summed E-state index contributed by atoms with van der Waals surface area (Å²) in [6.07, 6.45) is 5.80. The van der Waals surface area contributed by atoms with Crippen LogP contribution in [0.15, 0.2) is 4.99 Å². The van der Waals surface area contributed by atoms with E-state index < -0.39 is 0 Å². The van der Waals surface area contributed by atoms with Crippen LogP contribution in [-0.4, -0.2) is 71.5 Å². The molecule has 0 aliphatic carbocycles. The normalized spacial score (nSPS) is 20.8. The van der Waals surface area contributed by atoms with Gasteiger partial charge in [0.25, 0.3) is 0 Å². The number of hydrogen-bond acceptors (Lipinski definition) is 5. The summed E-state index contributed by atoms with van der Waals surface area (Å²) < 4.78 is 7.16. The summed E-state index contributed by atoms with van der Waals surface area (Å²) in [6, 6.07) is 0.329. The van der Waals surface area contributed by atoms with E-state index in [0.29, 0.717) is 12.6 Å². The van der Waals surface area contributed by atoms with Gasteiger partial charge < -0.3 is 20.3 Å². The van der Waals surface area contributed by atoms with Gasteiger partial charge in [-0.3, -0.25) is 4.99 Å². The lowest BCUT2D eigenvalue weighted by molar-refractivity contribution is 0.177. The van der Waals surface area contributed by atoms with Crippen LogP contribution in [0.4, 0.5) is 0 Å². The fourth-order valence-electron chi connectivity index (χ4n) is 4.13. The van der Waals surface area contributed by atoms with Crippen LogP contribution in [-0.2, 0) is 24.3 Å². The van der Waals surface area contributed by atoms with E-state index in [9.17, 15) is 0 Å². The molecule has 2 N–H and O–H groups in total. The van der Waals surface area contributed by atoms with Crippen LogP contribution in [0.3, 0.4) is 0 Å². The van der Waals surface area contributed by atoms with Crippen molar-refractivity contribution in [3.63, 3.8) is 0 Å². The van der Waals surface area contributed by atoms with Gasteiger partial charge >= 0.3 is 0 Å². The van der Waals surface area contributed by atoms with E-state index in [4.69, 9.17) is 9.73 Å². The molecule has 29 heavy (non-hydrogen) atoms. The average Bonchev–Trinajstić information content (AvgIpc) is 3.10. The van der Waals surface area contributed by atoms with E-state index in [1.54, 1.807) is 7.11 Å². The molecule has 166 valence electrons. The number of rotatable bonds is 8. The minimum absolute atomic E-state index is 0. The van der Waals surface area contributed by atoms with Gasteiger partial charge in [-0.05, 0) is 58.2 Å². The Labute approximate surface area is 192 Å². The second-order valence-corrected chi connectivity index (χ2v) is 7.87. The Hall–Kier alpha value is -0.940. The molecule has 0 amide bonds. The number of aromatic nitrogens is 3. The van der Waals surface area contributed by atoms with Crippen molar-refractivity contribution < 1.29 is 4.74 Å². The lowest BCUT2D eigenvalue weighted by Gasteiger charge is -2.30. The van der Waals surface area contributed by atoms with E-state index in [2.05, 4.69) is 39.5 Å². The zero-order valence-electron chi connectivity index (χ0n) is 18.2. The van der Waals surface area contributed by atoms with E-state index in [-0.39, 0.29) is 24.0 Å². The van der Waals surface area contributed by atoms with Gasteiger partial charge in [0.05, 0.1) is 6.54 Å². The van der Waals surface area contributed by atoms with E-state index >= 15 is 0 Å². The molecular formula is C20H38IN7O. The number of ether oxygens (including phenoxy) is 1. The smallest absolute Gasteiger partial charge is 0.191 e. The number of piperidine rings is 1. The van der Waals surface area contributed by atoms with Gasteiger partial charge in [-0.25, -0.2) is 9.67 Å². The Morgan fingerprint density at radius 3 is 2.72 bits per heavy atom. The Bertz CT molecular complexity index is 628. The van der Waals surface area contributed by atoms with Crippen molar-refractivity contribution in [2.24, 2.45) is 10.9 Å². The van der Waals surface area contributed by atoms with Crippen molar-refractivity contribution in [1.82, 2.24) is 30.3 Å². The first-order chi connectivity index (χ1) is 13.7. The third-order valence-electron chi connectivity index (χ3n) is 5.82. The molecule has 9 heteroatoms. The summed E-state index contributed by atoms with van der Waals surface area (Å²) in [4.78, 5) is 11.9. The molecule has 2 aliphatic heterocycles. The van der Waals surface area contributed by atoms with Crippen LogP contribution in [0.1, 0.15) is 51.2 Å². The zero-order chi connectivity index (χ0) is 19.8. The fourth-order valence-corrected chi connectivity index (χ4v) is 4.13. The van der Waals surface area contributed by atoms with Crippen LogP contribution in [0.25, 0.3) is 0 Å². The van der Waals surface area contributed by atoms with E-state index in [1.807, 2.05) is 4.68 Å². The van der Waals surface area contributed by atoms with E-state index in [1.165, 1.54) is 38.9 Å². The van der Waals surface area contributed by atoms with Crippen LogP contribution in [0, 0.1) is 5.92 Å². The molecule has 1 fully saturated rings. The lowest BCUT2D eigenvalue weighted by atomic mass is 9.94. The highest BCUT2D eigenvalue weighted by atomic mass is 127. The Morgan fingerprint density at radius 2 is 2.03 bits per heavy atom. The Balaban J connectivity index is 0.00000300. The Morgan fingerprint density at radius 1 is 1.24 bits per heavy atom. The quantitative estimate of drug-likeness (QED) is 0.311. The second-order valence-electron chi connectivity index (χ2n) is 7.87. The number of nitrogens with zero attached hydrogens (tertiary/aromatic N) is 5. The molecular weight excluding hydrogens is 481 g/mol. The Kier molecular flexibility index (Phi) is 10.6. The lowest BCUT2D eigenvalue weighted by Crippen LogP contribution is -2.47. The van der Waals surface area contributed by atoms with Crippen LogP contribution in [0.5, 0.6) is 0 Å². The molecule has 1 atom stereocenters. The van der Waals surface area contributed by atoms with Gasteiger partial charge in [-0.15, -0.1) is 24.0 Å². The molecule has 8 nitrogen and oxygen atoms in total. The molecule has 0 aromatic carbocycles. The molecule has 1 aromatic rings. The molecule has 0 saturated carbocycles. The third kappa shape index (κ3) is 7.36. The molecule has 3 heterocycles. The number of halogens is 1. The van der Waals surface area contributed by atoms with Crippen molar-refractivity contribution in [1.29, 1.82) is 0 Å². The first-order valence-corrected chi connectivity index (χ1v) is 10.9. The molecule has 1 aromatic heterocycles. The van der Waals surface area contributed by atoms with Crippen molar-refractivity contribution in [2.75, 3.05) is 39.8 Å². The molecule has 0 spiro atoms. The van der Waals surface area contributed by atoms with E-state index in [0.717, 1.165) is 56.0 Å². The first-order valence-electron chi connectivity index (χ1n) is 10.9. The molecule has 3 rings (SSSR count). The number of guanidine groups is 1. The number of likely N-dealkylation sites (tertiary alicyclic amines) is 1. The second kappa shape index (κ2) is 12.7. The van der Waals surface area contributed by atoms with Crippen LogP contribution >= 0.6 is 24.0 Å². The maximum atomic E-state index is 5.15. The predicted octanol–water partition coefficient (Wildman–Crippen LogP) is 2.03. The highest BCUT2D eigenvalue weighted by Crippen LogP contribution is 2.20. The van der Waals surface area contributed by atoms with Gasteiger partial charge in [-0.2, -0.15) is 5.10 Å². The number of fused-ring (bicyclic) bond motifs is 1. The summed E-state index contributed by atoms with van der Waals surface area (Å²) in [7, 11) is 1.68. The van der Waals surface area contributed by atoms with Crippen LogP contribution in [0.2, 0.25) is 0 Å². The van der Waals surface area contributed by atoms with Crippen molar-refractivity contribution >= 4 is 29.9 Å². The van der Waals surface area contributed by atoms with Crippen molar-refractivity contribution in [2.45, 2.75) is 65.1 Å². The highest BCUT2D eigenvalue weighted by Gasteiger charge is 2.22. The molecule has 1 unspecified atom stereocenters. The fraction of sp³-hybridized carbons (Fsp3) is 0.850. The maximum absolute atomic E-state index is 5.15. The summed E-state index contributed by atoms with van der Waals surface area (Å²) in [5.74, 6) is 3.58. The summed E-state index contributed by atoms with van der Waals surface area (Å²) in [5.41, 5.74) is 0. The van der Waals surface area contributed by atoms with Gasteiger partial charge in [-0.1, -0.05) is 6.92 Å². The zero-order valence-corrected chi connectivity index (χ0v) is 20.5. The van der Waals surface area contributed by atoms with Gasteiger partial charge in [0.15, 0.2) is 11.8 Å². The number of aliphatic imine (C=N–C) groups is 1. The highest BCUT2D eigenvalue weighted by molar-refractivity contribution is 14.0. The minimum atomic E-state index is 0. The van der Waals surface area contributed by atoms with Gasteiger partial charge in [0.2, 0.25) is 0 Å². The molecule has 0 radical (unpaired) electrons. The average molecular weight is 519 g/mol. The molecule has 1 saturated heterocycles. The standard InChI is InChI=1S/C20H37N7O.HI/c1-4-21-20(22-11-8-16-9-12-26(5-2)13-10-16)23-17-6-7-19-24-18(15-28-3)25-27(19)14-17;/h16-17H,4-15H2,1-3H3,(H2,21,22,23);1H. The molecule has 2 aliphatic rings. The summed E-state index contributed by atoms with van der Waals surface area (Å²) in [6.45, 7) is 11.1. The summed E-state index contributed by atoms with van der Waals surface area (Å²) >= 11 is 0. The first kappa shape index (κ1) is 24.3. The van der Waals surface area contributed by atoms with Crippen LogP contribution < -0.4 is 10.6 Å². The largest absolute Gasteiger partial charge is 0.377 e. The SMILES string of the molecule is CCNC(=NCCC1CCN(CC)CC1)NC1CCc2nc(COC)nn2C1.I. The number of hydrogen-bond donors (Lipinski definition) is 2. The maximum Gasteiger partial charge on any atom is 0.191 e. The minimum Gasteiger partial charge on any atom is -0.377 e. The molecule has 0 bridgehead atoms. The number of aryl methyl sites for hydroxylation is 1.